The van der Waals surface area contributed by atoms with Gasteiger partial charge >= 0.3 is 0 Å². The number of rotatable bonds is 3. The lowest BCUT2D eigenvalue weighted by Gasteiger charge is -2.31. The van der Waals surface area contributed by atoms with Crippen molar-refractivity contribution in [2.75, 3.05) is 13.1 Å². The zero-order valence-electron chi connectivity index (χ0n) is 13.2. The van der Waals surface area contributed by atoms with E-state index in [4.69, 9.17) is 0 Å². The van der Waals surface area contributed by atoms with Crippen molar-refractivity contribution in [2.45, 2.75) is 26.2 Å². The summed E-state index contributed by atoms with van der Waals surface area (Å²) in [6, 6.07) is 18.4. The smallest absolute Gasteiger partial charge is 0.254 e. The summed E-state index contributed by atoms with van der Waals surface area (Å²) in [6.07, 6.45) is 3.16. The van der Waals surface area contributed by atoms with Crippen LogP contribution < -0.4 is 0 Å². The van der Waals surface area contributed by atoms with Crippen molar-refractivity contribution >= 4 is 5.91 Å². The Morgan fingerprint density at radius 1 is 1.09 bits per heavy atom. The predicted molar refractivity (Wildman–Crippen MR) is 90.0 cm³/mol. The van der Waals surface area contributed by atoms with E-state index in [1.807, 2.05) is 41.3 Å². The molecule has 1 fully saturated rings. The van der Waals surface area contributed by atoms with Gasteiger partial charge in [0, 0.05) is 18.7 Å². The van der Waals surface area contributed by atoms with E-state index in [9.17, 15) is 4.79 Å². The molecule has 0 bridgehead atoms. The van der Waals surface area contributed by atoms with Crippen molar-refractivity contribution in [1.82, 2.24) is 4.90 Å². The van der Waals surface area contributed by atoms with Gasteiger partial charge in [-0.1, -0.05) is 55.5 Å². The third-order valence-corrected chi connectivity index (χ3v) is 4.43. The van der Waals surface area contributed by atoms with Crippen LogP contribution in [-0.4, -0.2) is 23.9 Å². The number of carbonyl (C=O) groups is 1. The van der Waals surface area contributed by atoms with Crippen LogP contribution in [0.1, 0.15) is 41.3 Å². The average Bonchev–Trinajstić information content (AvgIpc) is 2.56. The molecule has 2 heteroatoms. The Hall–Kier alpha value is -2.09. The fraction of sp³-hybridized carbons (Fsp3) is 0.350. The van der Waals surface area contributed by atoms with Gasteiger partial charge in [-0.05, 0) is 42.4 Å². The molecule has 2 aromatic carbocycles. The third kappa shape index (κ3) is 3.38. The Labute approximate surface area is 132 Å². The summed E-state index contributed by atoms with van der Waals surface area (Å²) < 4.78 is 0. The van der Waals surface area contributed by atoms with Crippen LogP contribution in [0.15, 0.2) is 54.6 Å². The van der Waals surface area contributed by atoms with Crippen molar-refractivity contribution in [1.29, 1.82) is 0 Å². The fourth-order valence-electron chi connectivity index (χ4n) is 3.24. The highest BCUT2D eigenvalue weighted by Gasteiger charge is 2.23. The van der Waals surface area contributed by atoms with Gasteiger partial charge in [-0.25, -0.2) is 0 Å². The standard InChI is InChI=1S/C20H23NO/c1-16-8-7-13-21(15-16)20(22)19-12-6-5-11-18(19)14-17-9-3-2-4-10-17/h2-6,9-12,16H,7-8,13-15H2,1H3. The van der Waals surface area contributed by atoms with Gasteiger partial charge in [0.25, 0.3) is 5.91 Å². The summed E-state index contributed by atoms with van der Waals surface area (Å²) in [4.78, 5) is 14.9. The zero-order chi connectivity index (χ0) is 15.4. The lowest BCUT2D eigenvalue weighted by molar-refractivity contribution is 0.0682. The van der Waals surface area contributed by atoms with E-state index in [-0.39, 0.29) is 5.91 Å². The number of likely N-dealkylation sites (tertiary alicyclic amines) is 1. The average molecular weight is 293 g/mol. The number of hydrogen-bond donors (Lipinski definition) is 0. The minimum Gasteiger partial charge on any atom is -0.338 e. The van der Waals surface area contributed by atoms with Crippen LogP contribution in [0.4, 0.5) is 0 Å². The highest BCUT2D eigenvalue weighted by atomic mass is 16.2. The summed E-state index contributed by atoms with van der Waals surface area (Å²) >= 11 is 0. The van der Waals surface area contributed by atoms with Crippen LogP contribution in [0.2, 0.25) is 0 Å². The second-order valence-electron chi connectivity index (χ2n) is 6.32. The van der Waals surface area contributed by atoms with Crippen molar-refractivity contribution in [3.8, 4) is 0 Å². The van der Waals surface area contributed by atoms with Gasteiger partial charge in [-0.3, -0.25) is 4.79 Å². The molecule has 1 unspecified atom stereocenters. The molecule has 22 heavy (non-hydrogen) atoms. The molecule has 1 atom stereocenters. The van der Waals surface area contributed by atoms with Gasteiger partial charge in [0.1, 0.15) is 0 Å². The van der Waals surface area contributed by atoms with Gasteiger partial charge in [0.15, 0.2) is 0 Å². The van der Waals surface area contributed by atoms with Crippen LogP contribution >= 0.6 is 0 Å². The van der Waals surface area contributed by atoms with Gasteiger partial charge in [0.2, 0.25) is 0 Å². The molecule has 3 rings (SSSR count). The molecule has 1 amide bonds. The molecule has 1 saturated heterocycles. The maximum Gasteiger partial charge on any atom is 0.254 e. The molecule has 1 heterocycles. The van der Waals surface area contributed by atoms with Gasteiger partial charge < -0.3 is 4.90 Å². The first-order valence-electron chi connectivity index (χ1n) is 8.15. The van der Waals surface area contributed by atoms with Crippen LogP contribution in [-0.2, 0) is 6.42 Å². The Bertz CT molecular complexity index is 635. The molecular formula is C20H23NO. The summed E-state index contributed by atoms with van der Waals surface area (Å²) in [6.45, 7) is 4.01. The van der Waals surface area contributed by atoms with Crippen LogP contribution in [0.3, 0.4) is 0 Å². The minimum absolute atomic E-state index is 0.193. The van der Waals surface area contributed by atoms with Gasteiger partial charge in [-0.2, -0.15) is 0 Å². The molecule has 0 aromatic heterocycles. The summed E-state index contributed by atoms with van der Waals surface area (Å²) in [5, 5.41) is 0. The third-order valence-electron chi connectivity index (χ3n) is 4.43. The van der Waals surface area contributed by atoms with E-state index in [2.05, 4.69) is 25.1 Å². The van der Waals surface area contributed by atoms with Crippen molar-refractivity contribution in [2.24, 2.45) is 5.92 Å². The molecule has 1 aliphatic heterocycles. The molecule has 0 radical (unpaired) electrons. The molecule has 0 N–H and O–H groups in total. The highest BCUT2D eigenvalue weighted by molar-refractivity contribution is 5.95. The second-order valence-corrected chi connectivity index (χ2v) is 6.32. The van der Waals surface area contributed by atoms with Crippen LogP contribution in [0, 0.1) is 5.92 Å². The Balaban J connectivity index is 1.83. The maximum atomic E-state index is 12.9. The second kappa shape index (κ2) is 6.78. The Morgan fingerprint density at radius 3 is 2.59 bits per heavy atom. The first-order valence-corrected chi connectivity index (χ1v) is 8.15. The fourth-order valence-corrected chi connectivity index (χ4v) is 3.24. The lowest BCUT2D eigenvalue weighted by atomic mass is 9.96. The number of nitrogens with zero attached hydrogens (tertiary/aromatic N) is 1. The van der Waals surface area contributed by atoms with E-state index >= 15 is 0 Å². The number of piperidine rings is 1. The SMILES string of the molecule is CC1CCCN(C(=O)c2ccccc2Cc2ccccc2)C1. The quantitative estimate of drug-likeness (QED) is 0.832. The largest absolute Gasteiger partial charge is 0.338 e. The Morgan fingerprint density at radius 2 is 1.82 bits per heavy atom. The van der Waals surface area contributed by atoms with Gasteiger partial charge in [-0.15, -0.1) is 0 Å². The monoisotopic (exact) mass is 293 g/mol. The topological polar surface area (TPSA) is 20.3 Å². The Kier molecular flexibility index (Phi) is 4.57. The molecule has 1 aliphatic rings. The number of benzene rings is 2. The van der Waals surface area contributed by atoms with E-state index in [1.54, 1.807) is 0 Å². The molecular weight excluding hydrogens is 270 g/mol. The van der Waals surface area contributed by atoms with Crippen molar-refractivity contribution in [3.63, 3.8) is 0 Å². The number of hydrogen-bond acceptors (Lipinski definition) is 1. The zero-order valence-corrected chi connectivity index (χ0v) is 13.2. The van der Waals surface area contributed by atoms with E-state index in [0.29, 0.717) is 5.92 Å². The van der Waals surface area contributed by atoms with Crippen LogP contribution in [0.25, 0.3) is 0 Å². The van der Waals surface area contributed by atoms with Crippen molar-refractivity contribution < 1.29 is 4.79 Å². The summed E-state index contributed by atoms with van der Waals surface area (Å²) in [5.41, 5.74) is 3.23. The number of amides is 1. The van der Waals surface area contributed by atoms with Gasteiger partial charge in [0.05, 0.1) is 0 Å². The minimum atomic E-state index is 0.193. The van der Waals surface area contributed by atoms with E-state index < -0.39 is 0 Å². The van der Waals surface area contributed by atoms with Crippen LogP contribution in [0.5, 0.6) is 0 Å². The normalized spacial score (nSPS) is 18.2. The summed E-state index contributed by atoms with van der Waals surface area (Å²) in [7, 11) is 0. The maximum absolute atomic E-state index is 12.9. The molecule has 2 nitrogen and oxygen atoms in total. The lowest BCUT2D eigenvalue weighted by Crippen LogP contribution is -2.39. The first-order chi connectivity index (χ1) is 10.7. The first kappa shape index (κ1) is 14.8. The number of carbonyl (C=O) groups excluding carboxylic acids is 1. The van der Waals surface area contributed by atoms with E-state index in [0.717, 1.165) is 37.1 Å². The predicted octanol–water partition coefficient (Wildman–Crippen LogP) is 4.15. The molecule has 114 valence electrons. The van der Waals surface area contributed by atoms with E-state index in [1.165, 1.54) is 12.0 Å². The molecule has 0 aliphatic carbocycles. The molecule has 0 saturated carbocycles. The molecule has 0 spiro atoms. The molecule has 2 aromatic rings. The summed E-state index contributed by atoms with van der Waals surface area (Å²) in [5.74, 6) is 0.803. The highest BCUT2D eigenvalue weighted by Crippen LogP contribution is 2.21. The van der Waals surface area contributed by atoms with Crippen molar-refractivity contribution in [3.05, 3.63) is 71.3 Å².